The number of likely N-dealkylation sites (tertiary alicyclic amines) is 1. The molecule has 2 bridgehead atoms. The standard InChI is InChI=1S/C23H29NO3/c1-25-17-7-8-18-19-12-16-6-9-20(26-2)22(27-3)21(16)23(18,13-17)10-11-24(19)14-15-4-5-15/h6-9,15,19H,4-5,10-14H2,1-3H3/t19-,23+/m1/s1. The molecule has 1 aliphatic heterocycles. The molecule has 144 valence electrons. The minimum Gasteiger partial charge on any atom is -0.501 e. The zero-order chi connectivity index (χ0) is 18.6. The summed E-state index contributed by atoms with van der Waals surface area (Å²) in [5.41, 5.74) is 4.26. The lowest BCUT2D eigenvalue weighted by Crippen LogP contribution is -2.56. The van der Waals surface area contributed by atoms with Crippen LogP contribution in [0.2, 0.25) is 0 Å². The Morgan fingerprint density at radius 2 is 1.93 bits per heavy atom. The third-order valence-corrected chi connectivity index (χ3v) is 7.08. The van der Waals surface area contributed by atoms with E-state index in [4.69, 9.17) is 14.2 Å². The van der Waals surface area contributed by atoms with Crippen molar-refractivity contribution in [2.45, 2.75) is 43.6 Å². The summed E-state index contributed by atoms with van der Waals surface area (Å²) < 4.78 is 17.3. The number of allylic oxidation sites excluding steroid dienone is 3. The molecule has 1 aromatic rings. The third-order valence-electron chi connectivity index (χ3n) is 7.08. The largest absolute Gasteiger partial charge is 0.501 e. The van der Waals surface area contributed by atoms with E-state index in [2.05, 4.69) is 29.2 Å². The predicted octanol–water partition coefficient (Wildman–Crippen LogP) is 3.84. The second kappa shape index (κ2) is 6.30. The van der Waals surface area contributed by atoms with Crippen molar-refractivity contribution in [3.05, 3.63) is 46.7 Å². The number of fused-ring (bicyclic) bond motifs is 1. The van der Waals surface area contributed by atoms with E-state index in [0.717, 1.165) is 49.0 Å². The topological polar surface area (TPSA) is 30.9 Å². The molecule has 1 heterocycles. The van der Waals surface area contributed by atoms with Crippen LogP contribution in [0, 0.1) is 5.92 Å². The van der Waals surface area contributed by atoms with Crippen LogP contribution in [-0.4, -0.2) is 45.4 Å². The van der Waals surface area contributed by atoms with Gasteiger partial charge < -0.3 is 14.2 Å². The number of piperidine rings is 1. The van der Waals surface area contributed by atoms with Crippen LogP contribution in [0.25, 0.3) is 0 Å². The van der Waals surface area contributed by atoms with Crippen LogP contribution in [0.4, 0.5) is 0 Å². The van der Waals surface area contributed by atoms with Gasteiger partial charge in [-0.15, -0.1) is 0 Å². The summed E-state index contributed by atoms with van der Waals surface area (Å²) in [6.07, 6.45) is 10.4. The Labute approximate surface area is 161 Å². The maximum absolute atomic E-state index is 5.91. The Morgan fingerprint density at radius 3 is 2.63 bits per heavy atom. The highest BCUT2D eigenvalue weighted by molar-refractivity contribution is 5.63. The Balaban J connectivity index is 1.68. The summed E-state index contributed by atoms with van der Waals surface area (Å²) in [7, 11) is 5.28. The van der Waals surface area contributed by atoms with Gasteiger partial charge in [0.15, 0.2) is 11.5 Å². The van der Waals surface area contributed by atoms with Gasteiger partial charge in [0.25, 0.3) is 0 Å². The minimum absolute atomic E-state index is 0.0295. The number of nitrogens with zero attached hydrogens (tertiary/aromatic N) is 1. The van der Waals surface area contributed by atoms with E-state index >= 15 is 0 Å². The van der Waals surface area contributed by atoms with E-state index in [-0.39, 0.29) is 5.41 Å². The molecule has 0 aromatic heterocycles. The van der Waals surface area contributed by atoms with E-state index in [1.807, 2.05) is 0 Å². The molecular formula is C23H29NO3. The Morgan fingerprint density at radius 1 is 1.07 bits per heavy atom. The molecule has 1 saturated heterocycles. The number of methoxy groups -OCH3 is 3. The molecule has 3 aliphatic carbocycles. The fourth-order valence-corrected chi connectivity index (χ4v) is 5.61. The van der Waals surface area contributed by atoms with Gasteiger partial charge in [0, 0.05) is 30.0 Å². The molecule has 2 atom stereocenters. The molecule has 2 fully saturated rings. The van der Waals surface area contributed by atoms with Crippen LogP contribution >= 0.6 is 0 Å². The molecule has 27 heavy (non-hydrogen) atoms. The van der Waals surface area contributed by atoms with Crippen molar-refractivity contribution >= 4 is 0 Å². The molecule has 0 unspecified atom stereocenters. The average Bonchev–Trinajstić information content (AvgIpc) is 3.52. The summed E-state index contributed by atoms with van der Waals surface area (Å²) in [5, 5.41) is 0. The first-order valence-electron chi connectivity index (χ1n) is 10.1. The number of rotatable bonds is 5. The van der Waals surface area contributed by atoms with Crippen LogP contribution in [0.1, 0.15) is 36.8 Å². The Bertz CT molecular complexity index is 823. The summed E-state index contributed by atoms with van der Waals surface area (Å²) in [6, 6.07) is 4.83. The van der Waals surface area contributed by atoms with Crippen LogP contribution in [-0.2, 0) is 16.6 Å². The molecule has 0 amide bonds. The van der Waals surface area contributed by atoms with Crippen molar-refractivity contribution in [1.29, 1.82) is 0 Å². The van der Waals surface area contributed by atoms with E-state index in [9.17, 15) is 0 Å². The van der Waals surface area contributed by atoms with Crippen LogP contribution in [0.15, 0.2) is 35.6 Å². The van der Waals surface area contributed by atoms with Gasteiger partial charge in [-0.1, -0.05) is 12.1 Å². The molecule has 1 saturated carbocycles. The van der Waals surface area contributed by atoms with Crippen molar-refractivity contribution in [1.82, 2.24) is 4.90 Å². The van der Waals surface area contributed by atoms with Crippen molar-refractivity contribution in [2.24, 2.45) is 5.92 Å². The van der Waals surface area contributed by atoms with Gasteiger partial charge in [-0.3, -0.25) is 4.90 Å². The van der Waals surface area contributed by atoms with Crippen LogP contribution in [0.5, 0.6) is 11.5 Å². The Hall–Kier alpha value is -1.94. The van der Waals surface area contributed by atoms with Crippen molar-refractivity contribution in [3.63, 3.8) is 0 Å². The quantitative estimate of drug-likeness (QED) is 0.791. The van der Waals surface area contributed by atoms with Gasteiger partial charge in [0.05, 0.1) is 27.1 Å². The van der Waals surface area contributed by atoms with Crippen molar-refractivity contribution < 1.29 is 14.2 Å². The minimum atomic E-state index is -0.0295. The third kappa shape index (κ3) is 2.53. The second-order valence-electron chi connectivity index (χ2n) is 8.46. The van der Waals surface area contributed by atoms with Crippen LogP contribution < -0.4 is 9.47 Å². The van der Waals surface area contributed by atoms with Gasteiger partial charge in [-0.2, -0.15) is 0 Å². The molecule has 4 aliphatic rings. The lowest BCUT2D eigenvalue weighted by Gasteiger charge is -2.55. The molecule has 0 spiro atoms. The zero-order valence-electron chi connectivity index (χ0n) is 16.6. The number of benzene rings is 1. The maximum Gasteiger partial charge on any atom is 0.165 e. The number of ether oxygens (including phenoxy) is 3. The lowest BCUT2D eigenvalue weighted by molar-refractivity contribution is 0.117. The SMILES string of the molecule is COC1=CC=C2[C@H]3Cc4ccc(OC)c(OC)c4[C@@]2(CCN3CC2CC2)C1. The summed E-state index contributed by atoms with van der Waals surface area (Å²) in [4.78, 5) is 2.74. The second-order valence-corrected chi connectivity index (χ2v) is 8.46. The molecular weight excluding hydrogens is 338 g/mol. The number of hydrogen-bond acceptors (Lipinski definition) is 4. The first-order chi connectivity index (χ1) is 13.2. The van der Waals surface area contributed by atoms with Gasteiger partial charge in [-0.25, -0.2) is 0 Å². The summed E-state index contributed by atoms with van der Waals surface area (Å²) >= 11 is 0. The molecule has 4 nitrogen and oxygen atoms in total. The van der Waals surface area contributed by atoms with Crippen molar-refractivity contribution in [3.8, 4) is 11.5 Å². The zero-order valence-corrected chi connectivity index (χ0v) is 16.6. The first kappa shape index (κ1) is 17.2. The predicted molar refractivity (Wildman–Crippen MR) is 105 cm³/mol. The van der Waals surface area contributed by atoms with Crippen molar-refractivity contribution in [2.75, 3.05) is 34.4 Å². The van der Waals surface area contributed by atoms with Gasteiger partial charge in [0.1, 0.15) is 0 Å². The lowest BCUT2D eigenvalue weighted by atomic mass is 9.57. The number of hydrogen-bond donors (Lipinski definition) is 0. The highest BCUT2D eigenvalue weighted by atomic mass is 16.5. The van der Waals surface area contributed by atoms with Gasteiger partial charge >= 0.3 is 0 Å². The summed E-state index contributed by atoms with van der Waals surface area (Å²) in [5.74, 6) is 3.72. The van der Waals surface area contributed by atoms with E-state index in [0.29, 0.717) is 6.04 Å². The Kier molecular flexibility index (Phi) is 4.01. The summed E-state index contributed by atoms with van der Waals surface area (Å²) in [6.45, 7) is 2.40. The van der Waals surface area contributed by atoms with E-state index in [1.165, 1.54) is 30.5 Å². The smallest absolute Gasteiger partial charge is 0.165 e. The fourth-order valence-electron chi connectivity index (χ4n) is 5.61. The van der Waals surface area contributed by atoms with Gasteiger partial charge in [0.2, 0.25) is 0 Å². The molecule has 1 aromatic carbocycles. The highest BCUT2D eigenvalue weighted by Crippen LogP contribution is 2.58. The van der Waals surface area contributed by atoms with Crippen LogP contribution in [0.3, 0.4) is 0 Å². The highest BCUT2D eigenvalue weighted by Gasteiger charge is 2.53. The maximum atomic E-state index is 5.91. The molecule has 5 rings (SSSR count). The normalized spacial score (nSPS) is 29.2. The molecule has 4 heteroatoms. The fraction of sp³-hybridized carbons (Fsp3) is 0.565. The monoisotopic (exact) mass is 367 g/mol. The van der Waals surface area contributed by atoms with E-state index < -0.39 is 0 Å². The molecule has 0 radical (unpaired) electrons. The first-order valence-corrected chi connectivity index (χ1v) is 10.1. The van der Waals surface area contributed by atoms with E-state index in [1.54, 1.807) is 26.9 Å². The average molecular weight is 367 g/mol. The molecule has 0 N–H and O–H groups in total. The van der Waals surface area contributed by atoms with Gasteiger partial charge in [-0.05, 0) is 61.4 Å².